The summed E-state index contributed by atoms with van der Waals surface area (Å²) in [5.74, 6) is 0.115. The summed E-state index contributed by atoms with van der Waals surface area (Å²) in [7, 11) is 0. The molecule has 2 aromatic rings. The van der Waals surface area contributed by atoms with E-state index in [1.165, 1.54) is 11.5 Å². The van der Waals surface area contributed by atoms with Gasteiger partial charge in [0.2, 0.25) is 0 Å². The molecule has 1 aliphatic rings. The lowest BCUT2D eigenvalue weighted by molar-refractivity contribution is 0.0953. The minimum atomic E-state index is -0.155. The number of hydrogen-bond donors (Lipinski definition) is 3. The van der Waals surface area contributed by atoms with Crippen LogP contribution in [0.3, 0.4) is 0 Å². The predicted molar refractivity (Wildman–Crippen MR) is 85.8 cm³/mol. The van der Waals surface area contributed by atoms with Gasteiger partial charge in [0.05, 0.1) is 0 Å². The molecular weight excluding hydrogens is 308 g/mol. The minimum absolute atomic E-state index is 0.155. The molecule has 0 saturated heterocycles. The van der Waals surface area contributed by atoms with Gasteiger partial charge in [-0.25, -0.2) is 0 Å². The minimum Gasteiger partial charge on any atom is -0.382 e. The van der Waals surface area contributed by atoms with Crippen LogP contribution in [0.2, 0.25) is 5.02 Å². The fourth-order valence-corrected chi connectivity index (χ4v) is 2.88. The smallest absolute Gasteiger partial charge is 0.258 e. The number of anilines is 2. The van der Waals surface area contributed by atoms with Crippen molar-refractivity contribution < 1.29 is 4.79 Å². The number of nitrogen functional groups attached to an aromatic ring is 1. The van der Waals surface area contributed by atoms with Crippen LogP contribution in [-0.4, -0.2) is 16.3 Å². The van der Waals surface area contributed by atoms with Crippen molar-refractivity contribution in [1.29, 1.82) is 0 Å². The topological polar surface area (TPSA) is 80.0 Å². The first-order chi connectivity index (χ1) is 10.1. The number of hydrogen-bond acceptors (Lipinski definition) is 5. The van der Waals surface area contributed by atoms with Gasteiger partial charge in [-0.2, -0.15) is 4.37 Å². The first-order valence-electron chi connectivity index (χ1n) is 6.68. The van der Waals surface area contributed by atoms with E-state index in [9.17, 15) is 4.79 Å². The second-order valence-corrected chi connectivity index (χ2v) is 6.21. The second-order valence-electron chi connectivity index (χ2n) is 5.00. The van der Waals surface area contributed by atoms with E-state index in [0.29, 0.717) is 22.1 Å². The lowest BCUT2D eigenvalue weighted by Gasteiger charge is -2.08. The molecule has 1 fully saturated rings. The molecule has 21 heavy (non-hydrogen) atoms. The quantitative estimate of drug-likeness (QED) is 0.790. The van der Waals surface area contributed by atoms with Crippen LogP contribution >= 0.6 is 23.1 Å². The average Bonchev–Trinajstić information content (AvgIpc) is 3.18. The van der Waals surface area contributed by atoms with Crippen molar-refractivity contribution in [3.63, 3.8) is 0 Å². The van der Waals surface area contributed by atoms with Gasteiger partial charge in [0.1, 0.15) is 10.6 Å². The second kappa shape index (κ2) is 5.91. The molecule has 0 atom stereocenters. The highest BCUT2D eigenvalue weighted by molar-refractivity contribution is 7.11. The van der Waals surface area contributed by atoms with Gasteiger partial charge in [0, 0.05) is 17.6 Å². The third-order valence-electron chi connectivity index (χ3n) is 3.20. The molecule has 1 aromatic heterocycles. The monoisotopic (exact) mass is 322 g/mol. The van der Waals surface area contributed by atoms with Crippen LogP contribution in [0, 0.1) is 0 Å². The van der Waals surface area contributed by atoms with E-state index in [1.807, 2.05) is 24.3 Å². The Morgan fingerprint density at radius 3 is 3.00 bits per heavy atom. The maximum atomic E-state index is 12.2. The molecule has 110 valence electrons. The highest BCUT2D eigenvalue weighted by Crippen LogP contribution is 2.29. The molecular formula is C14H15ClN4OS. The molecule has 7 heteroatoms. The maximum absolute atomic E-state index is 12.2. The van der Waals surface area contributed by atoms with Gasteiger partial charge in [-0.15, -0.1) is 0 Å². The van der Waals surface area contributed by atoms with Crippen molar-refractivity contribution in [3.8, 4) is 0 Å². The number of carbonyl (C=O) groups is 1. The highest BCUT2D eigenvalue weighted by Gasteiger charge is 2.27. The van der Waals surface area contributed by atoms with Crippen molar-refractivity contribution in [2.24, 2.45) is 0 Å². The van der Waals surface area contributed by atoms with Crippen LogP contribution in [0.1, 0.15) is 28.8 Å². The molecule has 0 radical (unpaired) electrons. The first kappa shape index (κ1) is 14.2. The van der Waals surface area contributed by atoms with Crippen molar-refractivity contribution in [1.82, 2.24) is 9.69 Å². The third-order valence-corrected chi connectivity index (χ3v) is 4.25. The van der Waals surface area contributed by atoms with Crippen LogP contribution in [0.25, 0.3) is 0 Å². The first-order valence-corrected chi connectivity index (χ1v) is 7.83. The Morgan fingerprint density at radius 1 is 1.48 bits per heavy atom. The van der Waals surface area contributed by atoms with Gasteiger partial charge >= 0.3 is 0 Å². The number of rotatable bonds is 5. The van der Waals surface area contributed by atoms with E-state index < -0.39 is 0 Å². The molecule has 1 amide bonds. The summed E-state index contributed by atoms with van der Waals surface area (Å²) in [6.07, 6.45) is 2.07. The fraction of sp³-hybridized carbons (Fsp3) is 0.286. The SMILES string of the molecule is Nc1nsc(NCc2cccc(Cl)c2)c1C(=O)NC1CC1. The lowest BCUT2D eigenvalue weighted by Crippen LogP contribution is -2.26. The molecule has 0 spiro atoms. The molecule has 0 bridgehead atoms. The molecule has 1 saturated carbocycles. The number of halogens is 1. The summed E-state index contributed by atoms with van der Waals surface area (Å²) in [4.78, 5) is 12.2. The molecule has 1 heterocycles. The van der Waals surface area contributed by atoms with Gasteiger partial charge in [0.15, 0.2) is 5.82 Å². The van der Waals surface area contributed by atoms with Crippen LogP contribution in [-0.2, 0) is 6.54 Å². The summed E-state index contributed by atoms with van der Waals surface area (Å²) in [6.45, 7) is 0.561. The maximum Gasteiger partial charge on any atom is 0.258 e. The van der Waals surface area contributed by atoms with Crippen molar-refractivity contribution in [2.75, 3.05) is 11.1 Å². The van der Waals surface area contributed by atoms with Crippen LogP contribution < -0.4 is 16.4 Å². The number of amides is 1. The van der Waals surface area contributed by atoms with E-state index in [2.05, 4.69) is 15.0 Å². The third kappa shape index (κ3) is 3.46. The summed E-state index contributed by atoms with van der Waals surface area (Å²) < 4.78 is 4.07. The molecule has 3 rings (SSSR count). The van der Waals surface area contributed by atoms with E-state index in [4.69, 9.17) is 17.3 Å². The summed E-state index contributed by atoms with van der Waals surface area (Å²) in [5.41, 5.74) is 7.28. The van der Waals surface area contributed by atoms with E-state index in [-0.39, 0.29) is 17.8 Å². The lowest BCUT2D eigenvalue weighted by atomic mass is 10.2. The van der Waals surface area contributed by atoms with E-state index in [1.54, 1.807) is 0 Å². The van der Waals surface area contributed by atoms with Gasteiger partial charge in [-0.05, 0) is 42.1 Å². The zero-order chi connectivity index (χ0) is 14.8. The number of carbonyl (C=O) groups excluding carboxylic acids is 1. The van der Waals surface area contributed by atoms with Crippen molar-refractivity contribution in [3.05, 3.63) is 40.4 Å². The highest BCUT2D eigenvalue weighted by atomic mass is 35.5. The number of nitrogens with one attached hydrogen (secondary N) is 2. The van der Waals surface area contributed by atoms with Crippen molar-refractivity contribution >= 4 is 39.9 Å². The van der Waals surface area contributed by atoms with Crippen molar-refractivity contribution in [2.45, 2.75) is 25.4 Å². The van der Waals surface area contributed by atoms with Gasteiger partial charge in [-0.3, -0.25) is 4.79 Å². The van der Waals surface area contributed by atoms with Gasteiger partial charge in [-0.1, -0.05) is 23.7 Å². The standard InChI is InChI=1S/C14H15ClN4OS/c15-9-3-1-2-8(6-9)7-17-14-11(12(16)19-21-14)13(20)18-10-4-5-10/h1-3,6,10,17H,4-5,7H2,(H2,16,19)(H,18,20). The number of nitrogens with zero attached hydrogens (tertiary/aromatic N) is 1. The molecule has 0 aliphatic heterocycles. The van der Waals surface area contributed by atoms with Crippen LogP contribution in [0.5, 0.6) is 0 Å². The zero-order valence-corrected chi connectivity index (χ0v) is 12.8. The Kier molecular flexibility index (Phi) is 3.98. The Balaban J connectivity index is 1.71. The number of benzene rings is 1. The van der Waals surface area contributed by atoms with Crippen LogP contribution in [0.4, 0.5) is 10.8 Å². The molecule has 0 unspecified atom stereocenters. The van der Waals surface area contributed by atoms with E-state index in [0.717, 1.165) is 18.4 Å². The molecule has 4 N–H and O–H groups in total. The number of nitrogens with two attached hydrogens (primary N) is 1. The Labute approximate surface area is 131 Å². The zero-order valence-electron chi connectivity index (χ0n) is 11.2. The average molecular weight is 323 g/mol. The summed E-state index contributed by atoms with van der Waals surface area (Å²) in [5, 5.41) is 7.51. The summed E-state index contributed by atoms with van der Waals surface area (Å²) in [6, 6.07) is 7.85. The van der Waals surface area contributed by atoms with E-state index >= 15 is 0 Å². The molecule has 1 aromatic carbocycles. The Bertz CT molecular complexity index is 669. The summed E-state index contributed by atoms with van der Waals surface area (Å²) >= 11 is 7.15. The largest absolute Gasteiger partial charge is 0.382 e. The fourth-order valence-electron chi connectivity index (χ4n) is 1.96. The molecule has 1 aliphatic carbocycles. The Hall–Kier alpha value is -1.79. The molecule has 5 nitrogen and oxygen atoms in total. The Morgan fingerprint density at radius 2 is 2.29 bits per heavy atom. The van der Waals surface area contributed by atoms with Gasteiger partial charge in [0.25, 0.3) is 5.91 Å². The predicted octanol–water partition coefficient (Wildman–Crippen LogP) is 2.88. The van der Waals surface area contributed by atoms with Crippen LogP contribution in [0.15, 0.2) is 24.3 Å². The normalized spacial score (nSPS) is 14.0. The van der Waals surface area contributed by atoms with Gasteiger partial charge < -0.3 is 16.4 Å². The number of aromatic nitrogens is 1.